The van der Waals surface area contributed by atoms with Crippen molar-refractivity contribution in [1.29, 1.82) is 0 Å². The van der Waals surface area contributed by atoms with E-state index >= 15 is 0 Å². The van der Waals surface area contributed by atoms with E-state index in [1.807, 2.05) is 13.8 Å². The molecule has 0 aromatic carbocycles. The van der Waals surface area contributed by atoms with Crippen molar-refractivity contribution in [3.05, 3.63) is 11.6 Å². The van der Waals surface area contributed by atoms with Gasteiger partial charge in [0.05, 0.1) is 25.9 Å². The molecule has 8 N–H and O–H groups in total. The molecular formula is C25H42O13. The predicted molar refractivity (Wildman–Crippen MR) is 128 cm³/mol. The molecule has 2 fully saturated rings. The van der Waals surface area contributed by atoms with Gasteiger partial charge in [0.25, 0.3) is 0 Å². The Morgan fingerprint density at radius 1 is 0.921 bits per heavy atom. The van der Waals surface area contributed by atoms with Crippen molar-refractivity contribution in [3.63, 3.8) is 0 Å². The van der Waals surface area contributed by atoms with Gasteiger partial charge in [-0.15, -0.1) is 0 Å². The molecule has 220 valence electrons. The molecule has 0 saturated carbocycles. The molecule has 0 amide bonds. The van der Waals surface area contributed by atoms with Crippen LogP contribution in [0.4, 0.5) is 0 Å². The third-order valence-corrected chi connectivity index (χ3v) is 7.72. The van der Waals surface area contributed by atoms with Crippen LogP contribution in [-0.2, 0) is 23.7 Å². The lowest BCUT2D eigenvalue weighted by molar-refractivity contribution is -0.335. The quantitative estimate of drug-likeness (QED) is 0.139. The first kappa shape index (κ1) is 31.5. The third-order valence-electron chi connectivity index (χ3n) is 7.72. The smallest absolute Gasteiger partial charge is 0.186 e. The van der Waals surface area contributed by atoms with E-state index in [2.05, 4.69) is 0 Å². The molecule has 38 heavy (non-hydrogen) atoms. The molecule has 2 unspecified atom stereocenters. The fourth-order valence-electron chi connectivity index (χ4n) is 5.42. The lowest BCUT2D eigenvalue weighted by atomic mass is 9.66. The highest BCUT2D eigenvalue weighted by Crippen LogP contribution is 2.42. The number of aliphatic hydroxyl groups excluding tert-OH is 8. The third kappa shape index (κ3) is 6.97. The van der Waals surface area contributed by atoms with Gasteiger partial charge in [0, 0.05) is 6.42 Å². The van der Waals surface area contributed by atoms with Crippen LogP contribution in [0.5, 0.6) is 0 Å². The zero-order valence-corrected chi connectivity index (χ0v) is 21.9. The van der Waals surface area contributed by atoms with E-state index in [1.54, 1.807) is 6.92 Å². The Balaban J connectivity index is 1.58. The van der Waals surface area contributed by atoms with Crippen molar-refractivity contribution in [3.8, 4) is 0 Å². The maximum atomic E-state index is 12.0. The number of ether oxygens (including phenoxy) is 4. The Hall–Kier alpha value is -1.07. The Bertz CT molecular complexity index is 817. The summed E-state index contributed by atoms with van der Waals surface area (Å²) in [7, 11) is 0. The molecule has 1 aliphatic carbocycles. The van der Waals surface area contributed by atoms with Crippen molar-refractivity contribution in [2.45, 2.75) is 108 Å². The minimum atomic E-state index is -1.66. The van der Waals surface area contributed by atoms with Gasteiger partial charge in [0.15, 0.2) is 18.4 Å². The lowest BCUT2D eigenvalue weighted by Crippen LogP contribution is -2.62. The summed E-state index contributed by atoms with van der Waals surface area (Å²) in [5.74, 6) is -0.0802. The number of hydrogen-bond acceptors (Lipinski definition) is 13. The molecule has 2 heterocycles. The normalized spacial score (nSPS) is 42.6. The van der Waals surface area contributed by atoms with E-state index in [0.717, 1.165) is 0 Å². The Labute approximate surface area is 221 Å². The van der Waals surface area contributed by atoms with Crippen LogP contribution in [0.3, 0.4) is 0 Å². The van der Waals surface area contributed by atoms with E-state index in [9.17, 15) is 45.6 Å². The van der Waals surface area contributed by atoms with Crippen molar-refractivity contribution in [2.75, 3.05) is 19.8 Å². The standard InChI is InChI=1S/C25H42O13/c1-11(4-5-14-12(8-26)6-13(28)7-25(14,2)3)36-24-22(34)20(32)18(30)16(38-24)10-35-23-21(33)19(31)17(29)15(9-27)37-23/h6,11,14-24,26-27,29-34H,4-5,7-10H2,1-3H3/t11?,14-,15-,16-,17-,18-,19+,20+,21-,22-,23-,24?/m1/s1. The van der Waals surface area contributed by atoms with Crippen LogP contribution in [0.25, 0.3) is 0 Å². The molecule has 2 aliphatic heterocycles. The van der Waals surface area contributed by atoms with Crippen molar-refractivity contribution >= 4 is 5.78 Å². The second-order valence-electron chi connectivity index (χ2n) is 11.1. The Morgan fingerprint density at radius 3 is 2.11 bits per heavy atom. The maximum Gasteiger partial charge on any atom is 0.186 e. The van der Waals surface area contributed by atoms with E-state index in [1.165, 1.54) is 6.08 Å². The number of aliphatic hydroxyl groups is 8. The van der Waals surface area contributed by atoms with Crippen LogP contribution < -0.4 is 0 Å². The van der Waals surface area contributed by atoms with Crippen LogP contribution in [0.15, 0.2) is 11.6 Å². The van der Waals surface area contributed by atoms with E-state index in [0.29, 0.717) is 24.8 Å². The SMILES string of the molecule is CC(CC[C@@H]1C(CO)=CC(=O)CC1(C)C)OC1O[C@H](CO[C@@H]2O[C@H](CO)[C@@H](O)[C@H](O)[C@H]2O)[C@@H](O)[C@H](O)[C@H]1O. The van der Waals surface area contributed by atoms with Gasteiger partial charge in [-0.3, -0.25) is 4.79 Å². The average molecular weight is 551 g/mol. The van der Waals surface area contributed by atoms with Crippen LogP contribution in [0.2, 0.25) is 0 Å². The van der Waals surface area contributed by atoms with Crippen LogP contribution in [0, 0.1) is 11.3 Å². The molecular weight excluding hydrogens is 508 g/mol. The molecule has 0 spiro atoms. The summed E-state index contributed by atoms with van der Waals surface area (Å²) in [6.45, 7) is 4.37. The van der Waals surface area contributed by atoms with E-state index in [4.69, 9.17) is 18.9 Å². The summed E-state index contributed by atoms with van der Waals surface area (Å²) in [6, 6.07) is 0. The summed E-state index contributed by atoms with van der Waals surface area (Å²) in [5, 5.41) is 80.2. The average Bonchev–Trinajstić information content (AvgIpc) is 2.86. The summed E-state index contributed by atoms with van der Waals surface area (Å²) >= 11 is 0. The molecule has 2 saturated heterocycles. The van der Waals surface area contributed by atoms with Gasteiger partial charge in [-0.05, 0) is 42.7 Å². The molecule has 0 aromatic heterocycles. The van der Waals surface area contributed by atoms with Gasteiger partial charge < -0.3 is 59.8 Å². The van der Waals surface area contributed by atoms with Gasteiger partial charge in [0.1, 0.15) is 48.8 Å². The minimum absolute atomic E-state index is 0.0251. The molecule has 13 nitrogen and oxygen atoms in total. The number of hydrogen-bond donors (Lipinski definition) is 8. The first-order valence-corrected chi connectivity index (χ1v) is 12.9. The van der Waals surface area contributed by atoms with Crippen molar-refractivity contribution in [1.82, 2.24) is 0 Å². The first-order valence-electron chi connectivity index (χ1n) is 12.9. The zero-order chi connectivity index (χ0) is 28.4. The summed E-state index contributed by atoms with van der Waals surface area (Å²) in [4.78, 5) is 12.0. The Morgan fingerprint density at radius 2 is 1.50 bits per heavy atom. The van der Waals surface area contributed by atoms with E-state index in [-0.39, 0.29) is 23.7 Å². The van der Waals surface area contributed by atoms with Crippen LogP contribution >= 0.6 is 0 Å². The number of allylic oxidation sites excluding steroid dienone is 1. The number of ketones is 1. The highest BCUT2D eigenvalue weighted by Gasteiger charge is 2.48. The lowest BCUT2D eigenvalue weighted by Gasteiger charge is -2.43. The largest absolute Gasteiger partial charge is 0.394 e. The summed E-state index contributed by atoms with van der Waals surface area (Å²) in [6.07, 6.45) is -12.4. The molecule has 13 heteroatoms. The monoisotopic (exact) mass is 550 g/mol. The fourth-order valence-corrected chi connectivity index (χ4v) is 5.42. The van der Waals surface area contributed by atoms with Gasteiger partial charge in [-0.1, -0.05) is 13.8 Å². The molecule has 12 atom stereocenters. The number of carbonyl (C=O) groups is 1. The second-order valence-corrected chi connectivity index (χ2v) is 11.1. The molecule has 0 aromatic rings. The molecule has 0 bridgehead atoms. The fraction of sp³-hybridized carbons (Fsp3) is 0.880. The number of carbonyl (C=O) groups excluding carboxylic acids is 1. The van der Waals surface area contributed by atoms with Gasteiger partial charge in [-0.25, -0.2) is 0 Å². The molecule has 3 aliphatic rings. The maximum absolute atomic E-state index is 12.0. The van der Waals surface area contributed by atoms with Crippen LogP contribution in [-0.4, -0.2) is 134 Å². The first-order chi connectivity index (χ1) is 17.8. The second kappa shape index (κ2) is 13.1. The molecule has 3 rings (SSSR count). The highest BCUT2D eigenvalue weighted by atomic mass is 16.7. The van der Waals surface area contributed by atoms with E-state index < -0.39 is 80.7 Å². The topological polar surface area (TPSA) is 216 Å². The van der Waals surface area contributed by atoms with Gasteiger partial charge >= 0.3 is 0 Å². The van der Waals surface area contributed by atoms with Gasteiger partial charge in [0.2, 0.25) is 0 Å². The van der Waals surface area contributed by atoms with Crippen molar-refractivity contribution < 1.29 is 64.6 Å². The summed E-state index contributed by atoms with van der Waals surface area (Å²) in [5.41, 5.74) is 0.314. The highest BCUT2D eigenvalue weighted by molar-refractivity contribution is 5.92. The van der Waals surface area contributed by atoms with Crippen LogP contribution in [0.1, 0.15) is 40.0 Å². The minimum Gasteiger partial charge on any atom is -0.394 e. The Kier molecular flexibility index (Phi) is 10.8. The predicted octanol–water partition coefficient (Wildman–Crippen LogP) is -2.67. The zero-order valence-electron chi connectivity index (χ0n) is 21.9. The molecule has 0 radical (unpaired) electrons. The summed E-state index contributed by atoms with van der Waals surface area (Å²) < 4.78 is 22.2. The number of rotatable bonds is 10. The van der Waals surface area contributed by atoms with Crippen molar-refractivity contribution in [2.24, 2.45) is 11.3 Å². The van der Waals surface area contributed by atoms with Gasteiger partial charge in [-0.2, -0.15) is 0 Å².